The van der Waals surface area contributed by atoms with E-state index in [0.29, 0.717) is 12.1 Å². The van der Waals surface area contributed by atoms with Crippen LogP contribution in [0.4, 0.5) is 4.39 Å². The van der Waals surface area contributed by atoms with Crippen molar-refractivity contribution in [3.63, 3.8) is 0 Å². The highest BCUT2D eigenvalue weighted by molar-refractivity contribution is 5.96. The van der Waals surface area contributed by atoms with Crippen LogP contribution in [-0.2, 0) is 12.8 Å². The van der Waals surface area contributed by atoms with Crippen LogP contribution in [0.3, 0.4) is 0 Å². The number of hydrogen-bond acceptors (Lipinski definition) is 4. The maximum absolute atomic E-state index is 13.0. The average Bonchev–Trinajstić information content (AvgIpc) is 3.00. The van der Waals surface area contributed by atoms with Crippen LogP contribution in [0.5, 0.6) is 0 Å². The zero-order valence-electron chi connectivity index (χ0n) is 12.8. The molecule has 0 spiro atoms. The number of nitroso groups, excluding NO2 is 1. The lowest BCUT2D eigenvalue weighted by atomic mass is 9.91. The zero-order valence-corrected chi connectivity index (χ0v) is 12.8. The third-order valence-electron chi connectivity index (χ3n) is 4.63. The van der Waals surface area contributed by atoms with Gasteiger partial charge in [-0.05, 0) is 47.2 Å². The molecule has 2 aromatic rings. The first kappa shape index (κ1) is 14.7. The molecule has 1 aromatic carbocycles. The molecule has 2 heterocycles. The standard InChI is InChI=1S/C18H14FN3O2/c19-13-4-1-11(2-5-13)9-12-3-6-14-15-7-8-22(21-24)18(23)17(15)20-10-16(12)14/h1-6,10,12H,7-9H2. The molecule has 5 nitrogen and oxygen atoms in total. The quantitative estimate of drug-likeness (QED) is 0.815. The molecule has 0 bridgehead atoms. The maximum Gasteiger partial charge on any atom is 0.295 e. The summed E-state index contributed by atoms with van der Waals surface area (Å²) in [6, 6.07) is 6.48. The van der Waals surface area contributed by atoms with E-state index in [4.69, 9.17) is 0 Å². The fourth-order valence-electron chi connectivity index (χ4n) is 3.40. The molecule has 120 valence electrons. The van der Waals surface area contributed by atoms with Crippen LogP contribution in [0.1, 0.15) is 38.7 Å². The summed E-state index contributed by atoms with van der Waals surface area (Å²) < 4.78 is 13.0. The van der Waals surface area contributed by atoms with E-state index in [9.17, 15) is 14.1 Å². The number of aromatic nitrogens is 1. The molecule has 1 aliphatic heterocycles. The molecular weight excluding hydrogens is 309 g/mol. The number of carbonyl (C=O) groups excluding carboxylic acids is 1. The summed E-state index contributed by atoms with van der Waals surface area (Å²) in [6.45, 7) is 0.282. The Morgan fingerprint density at radius 3 is 2.83 bits per heavy atom. The number of benzene rings is 1. The Bertz CT molecular complexity index is 861. The van der Waals surface area contributed by atoms with Crippen molar-refractivity contribution < 1.29 is 9.18 Å². The highest BCUT2D eigenvalue weighted by Crippen LogP contribution is 2.36. The van der Waals surface area contributed by atoms with Gasteiger partial charge in [-0.2, -0.15) is 5.01 Å². The number of allylic oxidation sites excluding steroid dienone is 1. The van der Waals surface area contributed by atoms with Crippen molar-refractivity contribution in [1.82, 2.24) is 9.99 Å². The van der Waals surface area contributed by atoms with Gasteiger partial charge >= 0.3 is 0 Å². The van der Waals surface area contributed by atoms with E-state index >= 15 is 0 Å². The van der Waals surface area contributed by atoms with Crippen molar-refractivity contribution in [2.24, 2.45) is 5.29 Å². The third kappa shape index (κ3) is 2.31. The largest absolute Gasteiger partial charge is 0.295 e. The highest BCUT2D eigenvalue weighted by atomic mass is 19.1. The number of rotatable bonds is 3. The highest BCUT2D eigenvalue weighted by Gasteiger charge is 2.31. The van der Waals surface area contributed by atoms with Gasteiger partial charge in [0.05, 0.1) is 11.8 Å². The summed E-state index contributed by atoms with van der Waals surface area (Å²) in [4.78, 5) is 27.1. The molecule has 1 atom stereocenters. The van der Waals surface area contributed by atoms with Crippen molar-refractivity contribution in [3.8, 4) is 0 Å². The molecule has 0 radical (unpaired) electrons. The first-order valence-corrected chi connectivity index (χ1v) is 7.77. The van der Waals surface area contributed by atoms with Crippen LogP contribution in [0.2, 0.25) is 0 Å². The smallest absolute Gasteiger partial charge is 0.265 e. The predicted molar refractivity (Wildman–Crippen MR) is 86.7 cm³/mol. The first-order chi connectivity index (χ1) is 11.7. The van der Waals surface area contributed by atoms with E-state index in [-0.39, 0.29) is 18.3 Å². The molecule has 24 heavy (non-hydrogen) atoms. The summed E-state index contributed by atoms with van der Waals surface area (Å²) in [5, 5.41) is 3.66. The predicted octanol–water partition coefficient (Wildman–Crippen LogP) is 3.25. The van der Waals surface area contributed by atoms with Crippen LogP contribution < -0.4 is 0 Å². The molecular formula is C18H14FN3O2. The molecule has 6 heteroatoms. The van der Waals surface area contributed by atoms with E-state index in [1.807, 2.05) is 6.08 Å². The fraction of sp³-hybridized carbons (Fsp3) is 0.222. The second kappa shape index (κ2) is 5.63. The van der Waals surface area contributed by atoms with Crippen molar-refractivity contribution in [3.05, 3.63) is 75.2 Å². The summed E-state index contributed by atoms with van der Waals surface area (Å²) in [7, 11) is 0. The number of amides is 1. The van der Waals surface area contributed by atoms with Gasteiger partial charge in [0, 0.05) is 12.1 Å². The molecule has 1 unspecified atom stereocenters. The second-order valence-corrected chi connectivity index (χ2v) is 6.01. The Labute approximate surface area is 137 Å². The van der Waals surface area contributed by atoms with E-state index in [1.165, 1.54) is 12.1 Å². The molecule has 4 rings (SSSR count). The Morgan fingerprint density at radius 2 is 2.08 bits per heavy atom. The molecule has 0 saturated heterocycles. The average molecular weight is 323 g/mol. The number of nitrogens with zero attached hydrogens (tertiary/aromatic N) is 3. The molecule has 0 saturated carbocycles. The molecule has 1 aromatic heterocycles. The van der Waals surface area contributed by atoms with Crippen LogP contribution >= 0.6 is 0 Å². The van der Waals surface area contributed by atoms with Gasteiger partial charge in [-0.3, -0.25) is 9.78 Å². The van der Waals surface area contributed by atoms with E-state index in [2.05, 4.69) is 16.3 Å². The van der Waals surface area contributed by atoms with E-state index < -0.39 is 5.91 Å². The van der Waals surface area contributed by atoms with Crippen LogP contribution in [0.25, 0.3) is 6.08 Å². The molecule has 2 aliphatic rings. The lowest BCUT2D eigenvalue weighted by Gasteiger charge is -2.23. The van der Waals surface area contributed by atoms with Gasteiger partial charge < -0.3 is 0 Å². The molecule has 0 N–H and O–H groups in total. The minimum absolute atomic E-state index is 0.153. The van der Waals surface area contributed by atoms with Gasteiger partial charge in [-0.15, -0.1) is 4.91 Å². The normalized spacial score (nSPS) is 18.5. The Morgan fingerprint density at radius 1 is 1.29 bits per heavy atom. The fourth-order valence-corrected chi connectivity index (χ4v) is 3.40. The lowest BCUT2D eigenvalue weighted by molar-refractivity contribution is 0.0734. The number of hydrogen-bond donors (Lipinski definition) is 0. The van der Waals surface area contributed by atoms with E-state index in [1.54, 1.807) is 18.3 Å². The summed E-state index contributed by atoms with van der Waals surface area (Å²) in [6.07, 6.45) is 7.12. The zero-order chi connectivity index (χ0) is 16.7. The monoisotopic (exact) mass is 323 g/mol. The SMILES string of the molecule is O=NN1CCc2c(ncc3c2C=CC3Cc2ccc(F)cc2)C1=O. The Kier molecular flexibility index (Phi) is 3.45. The molecule has 1 aliphatic carbocycles. The Hall–Kier alpha value is -2.89. The summed E-state index contributed by atoms with van der Waals surface area (Å²) in [5.74, 6) is -0.534. The number of pyridine rings is 1. The van der Waals surface area contributed by atoms with Gasteiger partial charge in [0.1, 0.15) is 11.5 Å². The minimum Gasteiger partial charge on any atom is -0.265 e. The van der Waals surface area contributed by atoms with Crippen LogP contribution in [0, 0.1) is 10.7 Å². The van der Waals surface area contributed by atoms with Gasteiger partial charge in [0.2, 0.25) is 0 Å². The van der Waals surface area contributed by atoms with Gasteiger partial charge in [-0.25, -0.2) is 4.39 Å². The van der Waals surface area contributed by atoms with Crippen molar-refractivity contribution >= 4 is 12.0 Å². The Balaban J connectivity index is 1.66. The van der Waals surface area contributed by atoms with Gasteiger partial charge in [0.25, 0.3) is 5.91 Å². The van der Waals surface area contributed by atoms with Gasteiger partial charge in [0.15, 0.2) is 0 Å². The second-order valence-electron chi connectivity index (χ2n) is 6.01. The minimum atomic E-state index is -0.440. The first-order valence-electron chi connectivity index (χ1n) is 7.77. The molecule has 1 amide bonds. The summed E-state index contributed by atoms with van der Waals surface area (Å²) >= 11 is 0. The van der Waals surface area contributed by atoms with Crippen molar-refractivity contribution in [2.45, 2.75) is 18.8 Å². The summed E-state index contributed by atoms with van der Waals surface area (Å²) in [5.41, 5.74) is 4.33. The number of fused-ring (bicyclic) bond motifs is 3. The van der Waals surface area contributed by atoms with Crippen LogP contribution in [0.15, 0.2) is 41.8 Å². The van der Waals surface area contributed by atoms with E-state index in [0.717, 1.165) is 33.7 Å². The topological polar surface area (TPSA) is 62.6 Å². The van der Waals surface area contributed by atoms with Crippen LogP contribution in [-0.4, -0.2) is 22.4 Å². The van der Waals surface area contributed by atoms with Crippen molar-refractivity contribution in [1.29, 1.82) is 0 Å². The lowest BCUT2D eigenvalue weighted by Crippen LogP contribution is -2.34. The van der Waals surface area contributed by atoms with Gasteiger partial charge in [-0.1, -0.05) is 24.3 Å². The van der Waals surface area contributed by atoms with Crippen molar-refractivity contribution in [2.75, 3.05) is 6.54 Å². The number of halogens is 1. The third-order valence-corrected chi connectivity index (χ3v) is 4.63. The maximum atomic E-state index is 13.0. The number of carbonyl (C=O) groups is 1. The molecule has 0 fully saturated rings.